The zero-order valence-electron chi connectivity index (χ0n) is 10.3. The van der Waals surface area contributed by atoms with Crippen LogP contribution in [-0.4, -0.2) is 48.6 Å². The Morgan fingerprint density at radius 1 is 1.65 bits per heavy atom. The second-order valence-electron chi connectivity index (χ2n) is 4.50. The Labute approximate surface area is 101 Å². The summed E-state index contributed by atoms with van der Waals surface area (Å²) in [6, 6.07) is 2.39. The average molecular weight is 237 g/mol. The van der Waals surface area contributed by atoms with E-state index in [9.17, 15) is 4.79 Å². The first kappa shape index (κ1) is 12.1. The van der Waals surface area contributed by atoms with E-state index in [1.165, 1.54) is 7.11 Å². The van der Waals surface area contributed by atoms with Crippen molar-refractivity contribution in [2.45, 2.75) is 19.5 Å². The first-order valence-corrected chi connectivity index (χ1v) is 5.90. The molecule has 0 unspecified atom stereocenters. The maximum absolute atomic E-state index is 11.3. The Hall–Kier alpha value is -1.33. The average Bonchev–Trinajstić information content (AvgIpc) is 2.76. The van der Waals surface area contributed by atoms with Gasteiger partial charge < -0.3 is 15.0 Å². The summed E-state index contributed by atoms with van der Waals surface area (Å²) < 4.78 is 4.66. The molecule has 5 heteroatoms. The molecule has 94 valence electrons. The maximum Gasteiger partial charge on any atom is 0.354 e. The van der Waals surface area contributed by atoms with Crippen molar-refractivity contribution < 1.29 is 9.53 Å². The molecule has 2 heterocycles. The zero-order chi connectivity index (χ0) is 12.3. The molecule has 2 rings (SSSR count). The van der Waals surface area contributed by atoms with Crippen molar-refractivity contribution in [2.24, 2.45) is 0 Å². The SMILES string of the molecule is COC(=O)c1cc(CN2CCN[C@@H](C)C2)c[nH]1. The number of piperazine rings is 1. The van der Waals surface area contributed by atoms with Crippen LogP contribution in [-0.2, 0) is 11.3 Å². The van der Waals surface area contributed by atoms with E-state index in [1.807, 2.05) is 12.3 Å². The monoisotopic (exact) mass is 237 g/mol. The lowest BCUT2D eigenvalue weighted by Gasteiger charge is -2.31. The molecular formula is C12H19N3O2. The molecule has 1 aromatic heterocycles. The Morgan fingerprint density at radius 2 is 2.47 bits per heavy atom. The first-order chi connectivity index (χ1) is 8.19. The molecule has 1 aliphatic rings. The van der Waals surface area contributed by atoms with Gasteiger partial charge in [0.15, 0.2) is 0 Å². The van der Waals surface area contributed by atoms with Crippen LogP contribution in [0.3, 0.4) is 0 Å². The number of nitrogens with zero attached hydrogens (tertiary/aromatic N) is 1. The Morgan fingerprint density at radius 3 is 3.18 bits per heavy atom. The highest BCUT2D eigenvalue weighted by atomic mass is 16.5. The van der Waals surface area contributed by atoms with Crippen molar-refractivity contribution in [3.05, 3.63) is 23.5 Å². The van der Waals surface area contributed by atoms with Crippen molar-refractivity contribution in [1.82, 2.24) is 15.2 Å². The zero-order valence-corrected chi connectivity index (χ0v) is 10.3. The number of hydrogen-bond donors (Lipinski definition) is 2. The third-order valence-corrected chi connectivity index (χ3v) is 3.01. The summed E-state index contributed by atoms with van der Waals surface area (Å²) in [5.74, 6) is -0.315. The molecule has 1 atom stereocenters. The summed E-state index contributed by atoms with van der Waals surface area (Å²) in [5.41, 5.74) is 1.64. The number of methoxy groups -OCH3 is 1. The number of ether oxygens (including phenoxy) is 1. The van der Waals surface area contributed by atoms with E-state index in [2.05, 4.69) is 26.9 Å². The minimum atomic E-state index is -0.315. The minimum absolute atomic E-state index is 0.315. The van der Waals surface area contributed by atoms with Crippen LogP contribution in [0.1, 0.15) is 23.0 Å². The second-order valence-corrected chi connectivity index (χ2v) is 4.50. The molecule has 17 heavy (non-hydrogen) atoms. The van der Waals surface area contributed by atoms with Crippen LogP contribution in [0, 0.1) is 0 Å². The molecule has 1 aliphatic heterocycles. The number of carbonyl (C=O) groups is 1. The fourth-order valence-corrected chi connectivity index (χ4v) is 2.17. The topological polar surface area (TPSA) is 57.4 Å². The predicted octanol–water partition coefficient (Wildman–Crippen LogP) is 0.595. The highest BCUT2D eigenvalue weighted by molar-refractivity contribution is 5.87. The highest BCUT2D eigenvalue weighted by Crippen LogP contribution is 2.10. The standard InChI is InChI=1S/C12H19N3O2/c1-9-7-15(4-3-13-9)8-10-5-11(14-6-10)12(16)17-2/h5-6,9,13-14H,3-4,7-8H2,1-2H3/t9-/m0/s1. The molecule has 0 saturated carbocycles. The third kappa shape index (κ3) is 3.08. The minimum Gasteiger partial charge on any atom is -0.464 e. The van der Waals surface area contributed by atoms with Crippen LogP contribution in [0.4, 0.5) is 0 Å². The largest absolute Gasteiger partial charge is 0.464 e. The molecule has 5 nitrogen and oxygen atoms in total. The molecule has 2 N–H and O–H groups in total. The fraction of sp³-hybridized carbons (Fsp3) is 0.583. The molecule has 1 fully saturated rings. The van der Waals surface area contributed by atoms with Gasteiger partial charge in [-0.25, -0.2) is 4.79 Å². The van der Waals surface area contributed by atoms with Crippen molar-refractivity contribution >= 4 is 5.97 Å². The molecule has 0 radical (unpaired) electrons. The van der Waals surface area contributed by atoms with Crippen LogP contribution in [0.2, 0.25) is 0 Å². The fourth-order valence-electron chi connectivity index (χ4n) is 2.17. The van der Waals surface area contributed by atoms with Gasteiger partial charge in [0.2, 0.25) is 0 Å². The van der Waals surface area contributed by atoms with Gasteiger partial charge in [-0.1, -0.05) is 0 Å². The van der Waals surface area contributed by atoms with E-state index >= 15 is 0 Å². The molecule has 1 saturated heterocycles. The van der Waals surface area contributed by atoms with E-state index < -0.39 is 0 Å². The van der Waals surface area contributed by atoms with E-state index in [4.69, 9.17) is 0 Å². The van der Waals surface area contributed by atoms with Crippen LogP contribution in [0.15, 0.2) is 12.3 Å². The normalized spacial score (nSPS) is 21.4. The smallest absolute Gasteiger partial charge is 0.354 e. The molecule has 0 aliphatic carbocycles. The second kappa shape index (κ2) is 5.33. The van der Waals surface area contributed by atoms with E-state index in [0.29, 0.717) is 11.7 Å². The molecule has 0 bridgehead atoms. The summed E-state index contributed by atoms with van der Waals surface area (Å²) in [4.78, 5) is 16.6. The highest BCUT2D eigenvalue weighted by Gasteiger charge is 2.16. The first-order valence-electron chi connectivity index (χ1n) is 5.90. The number of rotatable bonds is 3. The summed E-state index contributed by atoms with van der Waals surface area (Å²) in [7, 11) is 1.39. The third-order valence-electron chi connectivity index (χ3n) is 3.01. The number of aromatic nitrogens is 1. The van der Waals surface area contributed by atoms with E-state index in [0.717, 1.165) is 31.7 Å². The molecule has 0 spiro atoms. The summed E-state index contributed by atoms with van der Waals surface area (Å²) in [6.07, 6.45) is 1.87. The lowest BCUT2D eigenvalue weighted by molar-refractivity contribution is 0.0594. The van der Waals surface area contributed by atoms with E-state index in [-0.39, 0.29) is 5.97 Å². The Balaban J connectivity index is 1.94. The van der Waals surface area contributed by atoms with Gasteiger partial charge in [0.1, 0.15) is 5.69 Å². The summed E-state index contributed by atoms with van der Waals surface area (Å²) in [6.45, 7) is 6.17. The number of nitrogens with one attached hydrogen (secondary N) is 2. The van der Waals surface area contributed by atoms with Crippen molar-refractivity contribution in [3.63, 3.8) is 0 Å². The Kier molecular flexibility index (Phi) is 3.81. The van der Waals surface area contributed by atoms with Crippen LogP contribution >= 0.6 is 0 Å². The molecule has 1 aromatic rings. The van der Waals surface area contributed by atoms with Gasteiger partial charge in [0.05, 0.1) is 7.11 Å². The van der Waals surface area contributed by atoms with Gasteiger partial charge in [-0.05, 0) is 18.6 Å². The Bertz CT molecular complexity index is 389. The number of aromatic amines is 1. The lowest BCUT2D eigenvalue weighted by Crippen LogP contribution is -2.48. The quantitative estimate of drug-likeness (QED) is 0.756. The van der Waals surface area contributed by atoms with Crippen molar-refractivity contribution in [1.29, 1.82) is 0 Å². The lowest BCUT2D eigenvalue weighted by atomic mass is 10.2. The summed E-state index contributed by atoms with van der Waals surface area (Å²) in [5, 5.41) is 3.41. The number of hydrogen-bond acceptors (Lipinski definition) is 4. The van der Waals surface area contributed by atoms with Gasteiger partial charge in [-0.2, -0.15) is 0 Å². The molecular weight excluding hydrogens is 218 g/mol. The van der Waals surface area contributed by atoms with Gasteiger partial charge in [-0.15, -0.1) is 0 Å². The van der Waals surface area contributed by atoms with Gasteiger partial charge in [0.25, 0.3) is 0 Å². The van der Waals surface area contributed by atoms with Crippen LogP contribution < -0.4 is 5.32 Å². The predicted molar refractivity (Wildman–Crippen MR) is 64.9 cm³/mol. The number of H-pyrrole nitrogens is 1. The summed E-state index contributed by atoms with van der Waals surface area (Å²) >= 11 is 0. The van der Waals surface area contributed by atoms with Gasteiger partial charge in [0, 0.05) is 38.4 Å². The van der Waals surface area contributed by atoms with Gasteiger partial charge >= 0.3 is 5.97 Å². The van der Waals surface area contributed by atoms with Crippen LogP contribution in [0.25, 0.3) is 0 Å². The maximum atomic E-state index is 11.3. The number of carbonyl (C=O) groups excluding carboxylic acids is 1. The van der Waals surface area contributed by atoms with Gasteiger partial charge in [-0.3, -0.25) is 4.90 Å². The molecule has 0 amide bonds. The van der Waals surface area contributed by atoms with Crippen molar-refractivity contribution in [3.8, 4) is 0 Å². The van der Waals surface area contributed by atoms with E-state index in [1.54, 1.807) is 0 Å². The number of esters is 1. The van der Waals surface area contributed by atoms with Crippen molar-refractivity contribution in [2.75, 3.05) is 26.7 Å². The molecule has 0 aromatic carbocycles. The van der Waals surface area contributed by atoms with Crippen LogP contribution in [0.5, 0.6) is 0 Å².